The van der Waals surface area contributed by atoms with Crippen LogP contribution in [0.25, 0.3) is 0 Å². The summed E-state index contributed by atoms with van der Waals surface area (Å²) in [5, 5.41) is 0. The zero-order chi connectivity index (χ0) is 15.1. The van der Waals surface area contributed by atoms with E-state index >= 15 is 0 Å². The number of rotatable bonds is 7. The highest BCUT2D eigenvalue weighted by Crippen LogP contribution is 2.28. The first-order valence-corrected chi connectivity index (χ1v) is 6.71. The van der Waals surface area contributed by atoms with Crippen LogP contribution in [-0.4, -0.2) is 26.1 Å². The first kappa shape index (κ1) is 14.9. The van der Waals surface area contributed by atoms with Gasteiger partial charge < -0.3 is 14.2 Å². The van der Waals surface area contributed by atoms with Gasteiger partial charge in [0.1, 0.15) is 36.0 Å². The Hall–Kier alpha value is -2.49. The lowest BCUT2D eigenvalue weighted by atomic mass is 10.1. The summed E-state index contributed by atoms with van der Waals surface area (Å²) in [6.07, 6.45) is 0. The molecule has 0 amide bonds. The molecule has 2 aromatic rings. The molecule has 0 aliphatic carbocycles. The van der Waals surface area contributed by atoms with Crippen LogP contribution < -0.4 is 14.2 Å². The van der Waals surface area contributed by atoms with Gasteiger partial charge in [-0.15, -0.1) is 0 Å². The Balaban J connectivity index is 1.95. The second-order valence-electron chi connectivity index (χ2n) is 4.40. The Morgan fingerprint density at radius 3 is 2.24 bits per heavy atom. The summed E-state index contributed by atoms with van der Waals surface area (Å²) in [7, 11) is 1.53. The average molecular weight is 286 g/mol. The topological polar surface area (TPSA) is 44.8 Å². The van der Waals surface area contributed by atoms with E-state index in [4.69, 9.17) is 14.2 Å². The molecule has 21 heavy (non-hydrogen) atoms. The van der Waals surface area contributed by atoms with E-state index in [1.807, 2.05) is 30.3 Å². The van der Waals surface area contributed by atoms with Crippen LogP contribution in [0.1, 0.15) is 17.3 Å². The molecule has 0 saturated carbocycles. The van der Waals surface area contributed by atoms with Crippen LogP contribution in [0.4, 0.5) is 0 Å². The van der Waals surface area contributed by atoms with Gasteiger partial charge in [0.25, 0.3) is 0 Å². The van der Waals surface area contributed by atoms with Crippen LogP contribution in [0, 0.1) is 0 Å². The fourth-order valence-corrected chi connectivity index (χ4v) is 1.98. The molecule has 110 valence electrons. The molecule has 0 radical (unpaired) electrons. The van der Waals surface area contributed by atoms with E-state index in [0.717, 1.165) is 5.75 Å². The maximum absolute atomic E-state index is 11.7. The van der Waals surface area contributed by atoms with E-state index in [9.17, 15) is 4.79 Å². The van der Waals surface area contributed by atoms with Crippen molar-refractivity contribution in [2.45, 2.75) is 6.92 Å². The van der Waals surface area contributed by atoms with Crippen molar-refractivity contribution in [2.75, 3.05) is 20.3 Å². The predicted octanol–water partition coefficient (Wildman–Crippen LogP) is 3.36. The maximum Gasteiger partial charge on any atom is 0.167 e. The van der Waals surface area contributed by atoms with Crippen molar-refractivity contribution >= 4 is 5.78 Å². The van der Waals surface area contributed by atoms with Crippen molar-refractivity contribution in [3.63, 3.8) is 0 Å². The second kappa shape index (κ2) is 7.33. The standard InChI is InChI=1S/C17H18O4/c1-13(18)17-15(19-2)9-6-10-16(17)21-12-11-20-14-7-4-3-5-8-14/h3-10H,11-12H2,1-2H3. The number of para-hydroxylation sites is 1. The number of methoxy groups -OCH3 is 1. The smallest absolute Gasteiger partial charge is 0.167 e. The summed E-state index contributed by atoms with van der Waals surface area (Å²) in [6.45, 7) is 2.24. The molecule has 4 nitrogen and oxygen atoms in total. The number of benzene rings is 2. The zero-order valence-corrected chi connectivity index (χ0v) is 12.2. The summed E-state index contributed by atoms with van der Waals surface area (Å²) < 4.78 is 16.4. The van der Waals surface area contributed by atoms with Gasteiger partial charge >= 0.3 is 0 Å². The largest absolute Gasteiger partial charge is 0.496 e. The SMILES string of the molecule is COc1cccc(OCCOc2ccccc2)c1C(C)=O. The molecule has 4 heteroatoms. The number of ether oxygens (including phenoxy) is 3. The molecule has 0 spiro atoms. The van der Waals surface area contributed by atoms with Crippen LogP contribution in [-0.2, 0) is 0 Å². The van der Waals surface area contributed by atoms with Crippen molar-refractivity contribution in [3.05, 3.63) is 54.1 Å². The molecule has 0 atom stereocenters. The third-order valence-electron chi connectivity index (χ3n) is 2.91. The van der Waals surface area contributed by atoms with Crippen molar-refractivity contribution in [3.8, 4) is 17.2 Å². The van der Waals surface area contributed by atoms with Crippen LogP contribution in [0.15, 0.2) is 48.5 Å². The average Bonchev–Trinajstić information content (AvgIpc) is 2.52. The lowest BCUT2D eigenvalue weighted by Crippen LogP contribution is -2.11. The summed E-state index contributed by atoms with van der Waals surface area (Å²) in [5.41, 5.74) is 0.458. The monoisotopic (exact) mass is 286 g/mol. The molecule has 0 heterocycles. The summed E-state index contributed by atoms with van der Waals surface area (Å²) in [5.74, 6) is 1.73. The second-order valence-corrected chi connectivity index (χ2v) is 4.40. The van der Waals surface area contributed by atoms with E-state index in [0.29, 0.717) is 30.3 Å². The fourth-order valence-electron chi connectivity index (χ4n) is 1.98. The van der Waals surface area contributed by atoms with Crippen LogP contribution >= 0.6 is 0 Å². The number of Topliss-reactive ketones (excluding diaryl/α,β-unsaturated/α-hetero) is 1. The first-order chi connectivity index (χ1) is 10.2. The van der Waals surface area contributed by atoms with E-state index in [1.165, 1.54) is 14.0 Å². The Kier molecular flexibility index (Phi) is 5.21. The Labute approximate surface area is 124 Å². The number of ketones is 1. The van der Waals surface area contributed by atoms with Gasteiger partial charge in [0.2, 0.25) is 0 Å². The van der Waals surface area contributed by atoms with Crippen LogP contribution in [0.5, 0.6) is 17.2 Å². The molecule has 0 aliphatic rings. The van der Waals surface area contributed by atoms with Gasteiger partial charge in [-0.3, -0.25) is 4.79 Å². The molecule has 0 aliphatic heterocycles. The van der Waals surface area contributed by atoms with E-state index in [2.05, 4.69) is 0 Å². The van der Waals surface area contributed by atoms with Crippen molar-refractivity contribution in [1.82, 2.24) is 0 Å². The van der Waals surface area contributed by atoms with Gasteiger partial charge in [-0.25, -0.2) is 0 Å². The van der Waals surface area contributed by atoms with Crippen molar-refractivity contribution in [1.29, 1.82) is 0 Å². The lowest BCUT2D eigenvalue weighted by Gasteiger charge is -2.13. The highest BCUT2D eigenvalue weighted by atomic mass is 16.5. The molecule has 2 aromatic carbocycles. The number of hydrogen-bond acceptors (Lipinski definition) is 4. The molecule has 0 aromatic heterocycles. The first-order valence-electron chi connectivity index (χ1n) is 6.71. The quantitative estimate of drug-likeness (QED) is 0.578. The van der Waals surface area contributed by atoms with Gasteiger partial charge in [0.15, 0.2) is 5.78 Å². The summed E-state index contributed by atoms with van der Waals surface area (Å²) in [4.78, 5) is 11.7. The maximum atomic E-state index is 11.7. The highest BCUT2D eigenvalue weighted by molar-refractivity contribution is 5.99. The molecule has 0 bridgehead atoms. The van der Waals surface area contributed by atoms with Gasteiger partial charge in [-0.2, -0.15) is 0 Å². The van der Waals surface area contributed by atoms with Crippen LogP contribution in [0.3, 0.4) is 0 Å². The minimum atomic E-state index is -0.0913. The number of hydrogen-bond donors (Lipinski definition) is 0. The molecular formula is C17H18O4. The third kappa shape index (κ3) is 3.99. The van der Waals surface area contributed by atoms with E-state index < -0.39 is 0 Å². The molecule has 0 fully saturated rings. The van der Waals surface area contributed by atoms with Gasteiger partial charge in [-0.05, 0) is 31.2 Å². The molecule has 0 saturated heterocycles. The Morgan fingerprint density at radius 1 is 0.905 bits per heavy atom. The number of carbonyl (C=O) groups is 1. The van der Waals surface area contributed by atoms with E-state index in [-0.39, 0.29) is 5.78 Å². The molecule has 2 rings (SSSR count). The fraction of sp³-hybridized carbons (Fsp3) is 0.235. The molecular weight excluding hydrogens is 268 g/mol. The molecule has 0 unspecified atom stereocenters. The third-order valence-corrected chi connectivity index (χ3v) is 2.91. The van der Waals surface area contributed by atoms with Gasteiger partial charge in [-0.1, -0.05) is 24.3 Å². The predicted molar refractivity (Wildman–Crippen MR) is 80.4 cm³/mol. The van der Waals surface area contributed by atoms with Gasteiger partial charge in [0, 0.05) is 0 Å². The zero-order valence-electron chi connectivity index (χ0n) is 12.2. The minimum absolute atomic E-state index is 0.0913. The van der Waals surface area contributed by atoms with Crippen LogP contribution in [0.2, 0.25) is 0 Å². The van der Waals surface area contributed by atoms with Gasteiger partial charge in [0.05, 0.1) is 7.11 Å². The number of carbonyl (C=O) groups excluding carboxylic acids is 1. The normalized spacial score (nSPS) is 10.0. The Morgan fingerprint density at radius 2 is 1.57 bits per heavy atom. The van der Waals surface area contributed by atoms with Crippen molar-refractivity contribution in [2.24, 2.45) is 0 Å². The lowest BCUT2D eigenvalue weighted by molar-refractivity contribution is 0.100. The Bertz CT molecular complexity index is 593. The highest BCUT2D eigenvalue weighted by Gasteiger charge is 2.14. The van der Waals surface area contributed by atoms with Crippen molar-refractivity contribution < 1.29 is 19.0 Å². The van der Waals surface area contributed by atoms with E-state index in [1.54, 1.807) is 18.2 Å². The summed E-state index contributed by atoms with van der Waals surface area (Å²) >= 11 is 0. The summed E-state index contributed by atoms with van der Waals surface area (Å²) in [6, 6.07) is 14.8. The molecule has 0 N–H and O–H groups in total. The minimum Gasteiger partial charge on any atom is -0.496 e.